The third-order valence-corrected chi connectivity index (χ3v) is 22.7. The van der Waals surface area contributed by atoms with Gasteiger partial charge in [-0.25, -0.2) is 4.98 Å². The van der Waals surface area contributed by atoms with E-state index in [0.717, 1.165) is 53.3 Å². The molecule has 5 aromatic carbocycles. The average Bonchev–Trinajstić information content (AvgIpc) is 3.74. The first-order chi connectivity index (χ1) is 28.4. The van der Waals surface area contributed by atoms with E-state index in [9.17, 15) is 0 Å². The lowest BCUT2D eigenvalue weighted by atomic mass is 10.1. The number of nitrogen functional groups attached to an aromatic ring is 1. The second kappa shape index (κ2) is 18.4. The van der Waals surface area contributed by atoms with Gasteiger partial charge in [0.2, 0.25) is 0 Å². The lowest BCUT2D eigenvalue weighted by Gasteiger charge is -2.44. The van der Waals surface area contributed by atoms with Crippen LogP contribution in [0.1, 0.15) is 41.5 Å². The van der Waals surface area contributed by atoms with Crippen LogP contribution < -0.4 is 36.3 Å². The molecule has 6 aromatic rings. The molecule has 10 heteroatoms. The molecule has 7 nitrogen and oxygen atoms in total. The minimum absolute atomic E-state index is 0.132. The number of hydrogen-bond acceptors (Lipinski definition) is 8. The molecule has 1 aliphatic heterocycles. The number of nitrogens with zero attached hydrogens (tertiary/aromatic N) is 3. The highest BCUT2D eigenvalue weighted by Crippen LogP contribution is 2.39. The fourth-order valence-corrected chi connectivity index (χ4v) is 18.8. The minimum Gasteiger partial charge on any atom is -0.406 e. The van der Waals surface area contributed by atoms with Crippen molar-refractivity contribution in [2.45, 2.75) is 51.6 Å². The smallest absolute Gasteiger partial charge is 0.261 e. The van der Waals surface area contributed by atoms with Crippen LogP contribution in [0, 0.1) is 0 Å². The molecule has 2 N–H and O–H groups in total. The molecule has 0 atom stereocenters. The Morgan fingerprint density at radius 3 is 1.47 bits per heavy atom. The van der Waals surface area contributed by atoms with Gasteiger partial charge in [-0.15, -0.1) is 0 Å². The molecule has 2 heterocycles. The van der Waals surface area contributed by atoms with Gasteiger partial charge in [0.15, 0.2) is 5.13 Å². The van der Waals surface area contributed by atoms with Crippen molar-refractivity contribution in [3.05, 3.63) is 146 Å². The number of rotatable bonds is 15. The van der Waals surface area contributed by atoms with Crippen molar-refractivity contribution >= 4 is 65.2 Å². The Kier molecular flexibility index (Phi) is 13.3. The summed E-state index contributed by atoms with van der Waals surface area (Å²) in [6.45, 7) is 19.5. The number of thiazole rings is 1. The van der Waals surface area contributed by atoms with Crippen LogP contribution in [0.15, 0.2) is 146 Å². The largest absolute Gasteiger partial charge is 0.406 e. The molecular formula is C49H60N4O3SSi2. The van der Waals surface area contributed by atoms with Gasteiger partial charge in [-0.2, -0.15) is 0 Å². The van der Waals surface area contributed by atoms with Gasteiger partial charge in [-0.3, -0.25) is 0 Å². The van der Waals surface area contributed by atoms with Crippen molar-refractivity contribution < 1.29 is 13.6 Å². The van der Waals surface area contributed by atoms with E-state index in [1.54, 1.807) is 11.3 Å². The number of morpholine rings is 1. The highest BCUT2D eigenvalue weighted by atomic mass is 32.1. The molecule has 7 rings (SSSR count). The highest BCUT2D eigenvalue weighted by molar-refractivity contribution is 7.18. The minimum atomic E-state index is -2.76. The van der Waals surface area contributed by atoms with E-state index in [1.807, 2.05) is 6.20 Å². The van der Waals surface area contributed by atoms with Crippen LogP contribution in [-0.4, -0.2) is 74.2 Å². The second-order valence-corrected chi connectivity index (χ2v) is 27.1. The Bertz CT molecular complexity index is 2040. The summed E-state index contributed by atoms with van der Waals surface area (Å²) >= 11 is 1.70. The van der Waals surface area contributed by atoms with Gasteiger partial charge < -0.3 is 29.1 Å². The molecule has 0 bridgehead atoms. The van der Waals surface area contributed by atoms with E-state index in [1.165, 1.54) is 20.7 Å². The third kappa shape index (κ3) is 9.13. The van der Waals surface area contributed by atoms with Gasteiger partial charge in [0.05, 0.1) is 31.3 Å². The van der Waals surface area contributed by atoms with Crippen LogP contribution in [0.4, 0.5) is 16.5 Å². The maximum absolute atomic E-state index is 7.46. The first kappa shape index (κ1) is 42.6. The number of aromatic nitrogens is 1. The Balaban J connectivity index is 1.23. The summed E-state index contributed by atoms with van der Waals surface area (Å²) in [5.41, 5.74) is 9.47. The molecule has 0 unspecified atom stereocenters. The Labute approximate surface area is 358 Å². The Hall–Kier alpha value is -4.56. The van der Waals surface area contributed by atoms with Gasteiger partial charge >= 0.3 is 0 Å². The first-order valence-corrected chi connectivity index (χ1v) is 25.5. The molecule has 0 amide bonds. The molecule has 59 heavy (non-hydrogen) atoms. The summed E-state index contributed by atoms with van der Waals surface area (Å²) in [7, 11) is -5.53. The molecule has 1 saturated heterocycles. The van der Waals surface area contributed by atoms with Crippen molar-refractivity contribution in [1.82, 2.24) is 4.98 Å². The maximum Gasteiger partial charge on any atom is 0.261 e. The zero-order chi connectivity index (χ0) is 41.5. The van der Waals surface area contributed by atoms with Crippen LogP contribution in [0.2, 0.25) is 10.1 Å². The molecule has 1 aromatic heterocycles. The van der Waals surface area contributed by atoms with Crippen molar-refractivity contribution in [3.63, 3.8) is 0 Å². The lowest BCUT2D eigenvalue weighted by molar-refractivity contribution is 0.122. The van der Waals surface area contributed by atoms with Crippen molar-refractivity contribution in [3.8, 4) is 10.4 Å². The Morgan fingerprint density at radius 1 is 0.644 bits per heavy atom. The summed E-state index contributed by atoms with van der Waals surface area (Å²) in [6.07, 6.45) is 2.00. The number of ether oxygens (including phenoxy) is 1. The average molecular weight is 841 g/mol. The van der Waals surface area contributed by atoms with Crippen molar-refractivity contribution in [1.29, 1.82) is 0 Å². The van der Waals surface area contributed by atoms with E-state index in [2.05, 4.69) is 191 Å². The fraction of sp³-hybridized carbons (Fsp3) is 0.327. The SMILES string of the molecule is CC(C)(C)[Si](OCCN(CCO[Si](c1ccccc1)(c1ccccc1)C(C)(C)C)c1ncc(-c2cc(N)cc(N3CCOCC3)c2)s1)(c1ccccc1)c1ccccc1. The zero-order valence-electron chi connectivity index (χ0n) is 35.6. The van der Waals surface area contributed by atoms with Gasteiger partial charge in [0, 0.05) is 43.8 Å². The molecule has 0 aliphatic carbocycles. The van der Waals surface area contributed by atoms with E-state index in [0.29, 0.717) is 26.3 Å². The van der Waals surface area contributed by atoms with Gasteiger partial charge in [0.25, 0.3) is 16.6 Å². The number of nitrogens with two attached hydrogens (primary N) is 1. The number of hydrogen-bond donors (Lipinski definition) is 1. The normalized spacial score (nSPS) is 14.0. The van der Waals surface area contributed by atoms with Crippen LogP contribution in [0.5, 0.6) is 0 Å². The quantitative estimate of drug-likeness (QED) is 0.0827. The molecule has 0 spiro atoms. The Morgan fingerprint density at radius 2 is 1.07 bits per heavy atom. The van der Waals surface area contributed by atoms with Crippen LogP contribution in [0.3, 0.4) is 0 Å². The van der Waals surface area contributed by atoms with Gasteiger partial charge in [-0.05, 0) is 54.6 Å². The van der Waals surface area contributed by atoms with E-state index in [-0.39, 0.29) is 10.1 Å². The van der Waals surface area contributed by atoms with Crippen LogP contribution in [-0.2, 0) is 13.6 Å². The molecule has 308 valence electrons. The zero-order valence-corrected chi connectivity index (χ0v) is 38.4. The third-order valence-electron chi connectivity index (χ3n) is 11.6. The molecule has 0 saturated carbocycles. The second-order valence-electron chi connectivity index (χ2n) is 17.4. The molecule has 1 aliphatic rings. The summed E-state index contributed by atoms with van der Waals surface area (Å²) in [5, 5.41) is 5.76. The highest BCUT2D eigenvalue weighted by Gasteiger charge is 2.51. The molecule has 1 fully saturated rings. The van der Waals surface area contributed by atoms with E-state index in [4.69, 9.17) is 24.3 Å². The monoisotopic (exact) mass is 840 g/mol. The van der Waals surface area contributed by atoms with Crippen LogP contribution >= 0.6 is 11.3 Å². The lowest BCUT2D eigenvalue weighted by Crippen LogP contribution is -2.67. The number of anilines is 3. The van der Waals surface area contributed by atoms with E-state index >= 15 is 0 Å². The van der Waals surface area contributed by atoms with Crippen molar-refractivity contribution in [2.24, 2.45) is 0 Å². The summed E-state index contributed by atoms with van der Waals surface area (Å²) in [5.74, 6) is 0. The summed E-state index contributed by atoms with van der Waals surface area (Å²) < 4.78 is 20.6. The number of benzene rings is 5. The standard InChI is InChI=1S/C49H60N4O3SSi2/c1-48(2,3)58(42-19-11-7-12-20-42,43-21-13-8-14-22-43)55-33-29-53(47-51-38-46(57-47)39-35-40(50)37-41(36-39)52-27-31-54-32-28-52)30-34-56-59(49(4,5)6,44-23-15-9-16-24-44)45-25-17-10-18-26-45/h7-26,35-38H,27-34,50H2,1-6H3. The van der Waals surface area contributed by atoms with E-state index < -0.39 is 16.6 Å². The topological polar surface area (TPSA) is 73.1 Å². The molecular weight excluding hydrogens is 781 g/mol. The van der Waals surface area contributed by atoms with Gasteiger partial charge in [0.1, 0.15) is 0 Å². The molecule has 0 radical (unpaired) electrons. The first-order valence-electron chi connectivity index (χ1n) is 20.9. The maximum atomic E-state index is 7.46. The predicted molar refractivity (Wildman–Crippen MR) is 254 cm³/mol. The summed E-state index contributed by atoms with van der Waals surface area (Å²) in [4.78, 5) is 10.9. The fourth-order valence-electron chi connectivity index (χ4n) is 8.77. The predicted octanol–water partition coefficient (Wildman–Crippen LogP) is 8.19. The van der Waals surface area contributed by atoms with Crippen molar-refractivity contribution in [2.75, 3.05) is 68.1 Å². The summed E-state index contributed by atoms with van der Waals surface area (Å²) in [6, 6.07) is 49.9. The van der Waals surface area contributed by atoms with Gasteiger partial charge in [-0.1, -0.05) is 174 Å². The van der Waals surface area contributed by atoms with Crippen LogP contribution in [0.25, 0.3) is 10.4 Å².